The van der Waals surface area contributed by atoms with Crippen molar-refractivity contribution in [1.29, 1.82) is 0 Å². The van der Waals surface area contributed by atoms with Crippen molar-refractivity contribution in [3.8, 4) is 0 Å². The van der Waals surface area contributed by atoms with Crippen LogP contribution in [0.5, 0.6) is 0 Å². The largest absolute Gasteiger partial charge is 0.317 e. The normalized spacial score (nSPS) is 18.1. The van der Waals surface area contributed by atoms with Gasteiger partial charge in [0.15, 0.2) is 0 Å². The lowest BCUT2D eigenvalue weighted by molar-refractivity contribution is 0.419. The Morgan fingerprint density at radius 1 is 1.25 bits per heavy atom. The van der Waals surface area contributed by atoms with Crippen molar-refractivity contribution >= 4 is 0 Å². The highest BCUT2D eigenvalue weighted by Crippen LogP contribution is 2.36. The average Bonchev–Trinajstić information content (AvgIpc) is 2.25. The van der Waals surface area contributed by atoms with E-state index in [2.05, 4.69) is 36.5 Å². The number of nitrogens with one attached hydrogen (secondary N) is 1. The molecule has 1 unspecified atom stereocenters. The van der Waals surface area contributed by atoms with Crippen molar-refractivity contribution < 1.29 is 0 Å². The van der Waals surface area contributed by atoms with Crippen LogP contribution in [0, 0.1) is 0 Å². The van der Waals surface area contributed by atoms with Gasteiger partial charge in [-0.25, -0.2) is 0 Å². The molecule has 0 heterocycles. The van der Waals surface area contributed by atoms with Gasteiger partial charge >= 0.3 is 0 Å². The Morgan fingerprint density at radius 3 is 2.44 bits per heavy atom. The van der Waals surface area contributed by atoms with Gasteiger partial charge in [0.05, 0.1) is 0 Å². The molecule has 1 aliphatic carbocycles. The summed E-state index contributed by atoms with van der Waals surface area (Å²) in [6.45, 7) is 2.24. The minimum absolute atomic E-state index is 0.617. The van der Waals surface area contributed by atoms with E-state index in [1.165, 1.54) is 37.7 Å². The Labute approximate surface area is 99.3 Å². The van der Waals surface area contributed by atoms with Gasteiger partial charge < -0.3 is 5.32 Å². The second-order valence-corrected chi connectivity index (χ2v) is 5.10. The third-order valence-electron chi connectivity index (χ3n) is 3.92. The highest BCUT2D eigenvalue weighted by atomic mass is 14.8. The van der Waals surface area contributed by atoms with Crippen molar-refractivity contribution in [2.75, 3.05) is 7.05 Å². The summed E-state index contributed by atoms with van der Waals surface area (Å²) in [5.74, 6) is 0.866. The molecule has 1 aliphatic rings. The monoisotopic (exact) mass is 217 g/mol. The maximum absolute atomic E-state index is 3.28. The second kappa shape index (κ2) is 5.49. The van der Waals surface area contributed by atoms with E-state index in [0.717, 1.165) is 5.92 Å². The lowest BCUT2D eigenvalue weighted by atomic mass is 9.80. The number of rotatable bonds is 5. The van der Waals surface area contributed by atoms with Crippen molar-refractivity contribution in [3.63, 3.8) is 0 Å². The lowest BCUT2D eigenvalue weighted by Gasteiger charge is -2.25. The predicted octanol–water partition coefficient (Wildman–Crippen LogP) is 3.49. The summed E-state index contributed by atoms with van der Waals surface area (Å²) in [6.07, 6.45) is 6.63. The summed E-state index contributed by atoms with van der Waals surface area (Å²) in [6, 6.07) is 9.92. The highest BCUT2D eigenvalue weighted by molar-refractivity contribution is 5.26. The van der Waals surface area contributed by atoms with Crippen LogP contribution in [0.2, 0.25) is 0 Å². The molecule has 0 amide bonds. The zero-order chi connectivity index (χ0) is 11.4. The molecule has 88 valence electrons. The molecule has 16 heavy (non-hydrogen) atoms. The summed E-state index contributed by atoms with van der Waals surface area (Å²) < 4.78 is 0. The highest BCUT2D eigenvalue weighted by Gasteiger charge is 2.18. The Bertz CT molecular complexity index is 311. The summed E-state index contributed by atoms with van der Waals surface area (Å²) in [4.78, 5) is 0. The van der Waals surface area contributed by atoms with Gasteiger partial charge in [0.25, 0.3) is 0 Å². The summed E-state index contributed by atoms with van der Waals surface area (Å²) >= 11 is 0. The second-order valence-electron chi connectivity index (χ2n) is 5.10. The Kier molecular flexibility index (Phi) is 4.00. The molecule has 1 atom stereocenters. The van der Waals surface area contributed by atoms with Crippen LogP contribution in [0.15, 0.2) is 24.3 Å². The first-order valence-electron chi connectivity index (χ1n) is 6.55. The molecule has 1 saturated carbocycles. The van der Waals surface area contributed by atoms with Crippen molar-refractivity contribution in [2.45, 2.75) is 51.0 Å². The van der Waals surface area contributed by atoms with Crippen molar-refractivity contribution in [3.05, 3.63) is 35.4 Å². The molecule has 2 rings (SSSR count). The first kappa shape index (κ1) is 11.7. The van der Waals surface area contributed by atoms with Gasteiger partial charge in [-0.05, 0) is 56.7 Å². The zero-order valence-corrected chi connectivity index (χ0v) is 10.5. The fourth-order valence-electron chi connectivity index (χ4n) is 2.23. The molecule has 1 aromatic carbocycles. The number of hydrogen-bond donors (Lipinski definition) is 1. The van der Waals surface area contributed by atoms with E-state index in [4.69, 9.17) is 0 Å². The van der Waals surface area contributed by atoms with Crippen molar-refractivity contribution in [2.24, 2.45) is 0 Å². The molecule has 1 N–H and O–H groups in total. The van der Waals surface area contributed by atoms with Crippen LogP contribution < -0.4 is 5.32 Å². The first-order valence-corrected chi connectivity index (χ1v) is 6.55. The van der Waals surface area contributed by atoms with E-state index in [1.807, 2.05) is 7.05 Å². The van der Waals surface area contributed by atoms with Gasteiger partial charge in [0.1, 0.15) is 0 Å². The zero-order valence-electron chi connectivity index (χ0n) is 10.5. The molecule has 1 aromatic rings. The minimum Gasteiger partial charge on any atom is -0.317 e. The van der Waals surface area contributed by atoms with Crippen LogP contribution >= 0.6 is 0 Å². The van der Waals surface area contributed by atoms with Crippen LogP contribution in [-0.2, 0) is 6.42 Å². The van der Waals surface area contributed by atoms with E-state index in [9.17, 15) is 0 Å². The SMILES string of the molecule is CNC(C)CCc1ccc(C2CCC2)cc1. The summed E-state index contributed by atoms with van der Waals surface area (Å²) in [5, 5.41) is 3.28. The fourth-order valence-corrected chi connectivity index (χ4v) is 2.23. The molecular weight excluding hydrogens is 194 g/mol. The van der Waals surface area contributed by atoms with E-state index >= 15 is 0 Å². The maximum Gasteiger partial charge on any atom is 0.00388 e. The average molecular weight is 217 g/mol. The molecule has 0 bridgehead atoms. The molecule has 0 radical (unpaired) electrons. The van der Waals surface area contributed by atoms with Crippen LogP contribution in [0.25, 0.3) is 0 Å². The lowest BCUT2D eigenvalue weighted by Crippen LogP contribution is -2.21. The predicted molar refractivity (Wildman–Crippen MR) is 69.9 cm³/mol. The van der Waals surface area contributed by atoms with E-state index in [-0.39, 0.29) is 0 Å². The Morgan fingerprint density at radius 2 is 1.94 bits per heavy atom. The first-order chi connectivity index (χ1) is 7.79. The van der Waals surface area contributed by atoms with Gasteiger partial charge in [0, 0.05) is 6.04 Å². The standard InChI is InChI=1S/C15H23N/c1-12(16-2)6-7-13-8-10-15(11-9-13)14-4-3-5-14/h8-12,14,16H,3-7H2,1-2H3. The van der Waals surface area contributed by atoms with E-state index in [0.29, 0.717) is 6.04 Å². The fraction of sp³-hybridized carbons (Fsp3) is 0.600. The van der Waals surface area contributed by atoms with Crippen LogP contribution in [0.4, 0.5) is 0 Å². The topological polar surface area (TPSA) is 12.0 Å². The molecule has 1 fully saturated rings. The Balaban J connectivity index is 1.86. The van der Waals surface area contributed by atoms with Crippen molar-refractivity contribution in [1.82, 2.24) is 5.32 Å². The quantitative estimate of drug-likeness (QED) is 0.796. The van der Waals surface area contributed by atoms with Gasteiger partial charge in [-0.1, -0.05) is 30.7 Å². The molecule has 0 saturated heterocycles. The maximum atomic E-state index is 3.28. The smallest absolute Gasteiger partial charge is 0.00388 e. The number of aryl methyl sites for hydroxylation is 1. The van der Waals surface area contributed by atoms with Crippen LogP contribution in [-0.4, -0.2) is 13.1 Å². The van der Waals surface area contributed by atoms with Crippen LogP contribution in [0.1, 0.15) is 49.7 Å². The number of benzene rings is 1. The molecule has 0 aliphatic heterocycles. The minimum atomic E-state index is 0.617. The molecular formula is C15H23N. The third-order valence-corrected chi connectivity index (χ3v) is 3.92. The van der Waals surface area contributed by atoms with Gasteiger partial charge in [-0.2, -0.15) is 0 Å². The Hall–Kier alpha value is -0.820. The van der Waals surface area contributed by atoms with Crippen LogP contribution in [0.3, 0.4) is 0 Å². The number of hydrogen-bond acceptors (Lipinski definition) is 1. The van der Waals surface area contributed by atoms with E-state index in [1.54, 1.807) is 5.56 Å². The van der Waals surface area contributed by atoms with Gasteiger partial charge in [-0.3, -0.25) is 0 Å². The molecule has 1 nitrogen and oxygen atoms in total. The third kappa shape index (κ3) is 2.85. The summed E-state index contributed by atoms with van der Waals surface area (Å²) in [5.41, 5.74) is 3.03. The molecule has 1 heteroatoms. The molecule has 0 aromatic heterocycles. The summed E-state index contributed by atoms with van der Waals surface area (Å²) in [7, 11) is 2.03. The van der Waals surface area contributed by atoms with Gasteiger partial charge in [-0.15, -0.1) is 0 Å². The van der Waals surface area contributed by atoms with E-state index < -0.39 is 0 Å². The van der Waals surface area contributed by atoms with Gasteiger partial charge in [0.2, 0.25) is 0 Å². The molecule has 0 spiro atoms.